The van der Waals surface area contributed by atoms with Gasteiger partial charge in [-0.25, -0.2) is 9.37 Å². The minimum Gasteiger partial charge on any atom is -0.338 e. The standard InChI is InChI=1S/C13H12BrFN2/c1-8-3-4-9(2)12(5-8)17-13-11(15)6-10(14)7-16-13/h3-7H,1-2H3,(H,16,17). The number of nitrogens with zero attached hydrogens (tertiary/aromatic N) is 1. The van der Waals surface area contributed by atoms with E-state index in [1.165, 1.54) is 6.07 Å². The molecule has 17 heavy (non-hydrogen) atoms. The highest BCUT2D eigenvalue weighted by atomic mass is 79.9. The molecule has 0 unspecified atom stereocenters. The Bertz CT molecular complexity index is 555. The second-order valence-electron chi connectivity index (χ2n) is 3.93. The fourth-order valence-electron chi connectivity index (χ4n) is 1.50. The lowest BCUT2D eigenvalue weighted by molar-refractivity contribution is 0.625. The average Bonchev–Trinajstić information content (AvgIpc) is 2.27. The zero-order chi connectivity index (χ0) is 12.4. The topological polar surface area (TPSA) is 24.9 Å². The van der Waals surface area contributed by atoms with Gasteiger partial charge in [0.05, 0.1) is 0 Å². The van der Waals surface area contributed by atoms with Crippen LogP contribution in [0.2, 0.25) is 0 Å². The summed E-state index contributed by atoms with van der Waals surface area (Å²) in [4.78, 5) is 4.01. The third-order valence-electron chi connectivity index (χ3n) is 2.45. The molecule has 1 aromatic carbocycles. The Morgan fingerprint density at radius 1 is 1.24 bits per heavy atom. The highest BCUT2D eigenvalue weighted by molar-refractivity contribution is 9.10. The SMILES string of the molecule is Cc1ccc(C)c(Nc2ncc(Br)cc2F)c1. The highest BCUT2D eigenvalue weighted by Crippen LogP contribution is 2.23. The molecule has 2 aromatic rings. The molecule has 1 heterocycles. The lowest BCUT2D eigenvalue weighted by atomic mass is 10.1. The first-order valence-corrected chi connectivity index (χ1v) is 6.01. The number of benzene rings is 1. The first kappa shape index (κ1) is 12.0. The fraction of sp³-hybridized carbons (Fsp3) is 0.154. The minimum absolute atomic E-state index is 0.238. The van der Waals surface area contributed by atoms with Crippen LogP contribution >= 0.6 is 15.9 Å². The van der Waals surface area contributed by atoms with E-state index in [9.17, 15) is 4.39 Å². The summed E-state index contributed by atoms with van der Waals surface area (Å²) in [5, 5.41) is 3.00. The zero-order valence-electron chi connectivity index (χ0n) is 9.59. The number of hydrogen-bond donors (Lipinski definition) is 1. The second-order valence-corrected chi connectivity index (χ2v) is 4.84. The van der Waals surface area contributed by atoms with Crippen molar-refractivity contribution in [3.8, 4) is 0 Å². The van der Waals surface area contributed by atoms with E-state index >= 15 is 0 Å². The maximum atomic E-state index is 13.6. The lowest BCUT2D eigenvalue weighted by Gasteiger charge is -2.10. The monoisotopic (exact) mass is 294 g/mol. The van der Waals surface area contributed by atoms with Gasteiger partial charge in [-0.05, 0) is 53.0 Å². The smallest absolute Gasteiger partial charge is 0.166 e. The molecule has 2 nitrogen and oxygen atoms in total. The van der Waals surface area contributed by atoms with Gasteiger partial charge in [0, 0.05) is 16.4 Å². The number of aryl methyl sites for hydroxylation is 2. The van der Waals surface area contributed by atoms with Crippen LogP contribution < -0.4 is 5.32 Å². The van der Waals surface area contributed by atoms with Gasteiger partial charge in [0.25, 0.3) is 0 Å². The van der Waals surface area contributed by atoms with E-state index in [1.54, 1.807) is 6.20 Å². The summed E-state index contributed by atoms with van der Waals surface area (Å²) in [6.45, 7) is 3.97. The van der Waals surface area contributed by atoms with E-state index in [-0.39, 0.29) is 11.6 Å². The maximum absolute atomic E-state index is 13.6. The van der Waals surface area contributed by atoms with E-state index < -0.39 is 0 Å². The summed E-state index contributed by atoms with van der Waals surface area (Å²) in [5.74, 6) is -0.137. The van der Waals surface area contributed by atoms with Crippen molar-refractivity contribution in [3.63, 3.8) is 0 Å². The second kappa shape index (κ2) is 4.84. The molecule has 0 fully saturated rings. The number of aromatic nitrogens is 1. The molecule has 2 rings (SSSR count). The minimum atomic E-state index is -0.375. The van der Waals surface area contributed by atoms with Crippen LogP contribution in [0.3, 0.4) is 0 Å². The van der Waals surface area contributed by atoms with Gasteiger partial charge in [0.1, 0.15) is 0 Å². The van der Waals surface area contributed by atoms with Crippen LogP contribution in [-0.2, 0) is 0 Å². The van der Waals surface area contributed by atoms with Crippen LogP contribution in [0.5, 0.6) is 0 Å². The predicted molar refractivity (Wildman–Crippen MR) is 71.1 cm³/mol. The number of pyridine rings is 1. The van der Waals surface area contributed by atoms with Crippen molar-refractivity contribution in [2.45, 2.75) is 13.8 Å². The van der Waals surface area contributed by atoms with Crippen molar-refractivity contribution in [1.82, 2.24) is 4.98 Å². The fourth-order valence-corrected chi connectivity index (χ4v) is 1.81. The Kier molecular flexibility index (Phi) is 3.43. The van der Waals surface area contributed by atoms with Gasteiger partial charge >= 0.3 is 0 Å². The van der Waals surface area contributed by atoms with Crippen LogP contribution in [0.25, 0.3) is 0 Å². The third kappa shape index (κ3) is 2.82. The molecule has 0 spiro atoms. The number of nitrogens with one attached hydrogen (secondary N) is 1. The Balaban J connectivity index is 2.34. The van der Waals surface area contributed by atoms with Gasteiger partial charge in [-0.15, -0.1) is 0 Å². The lowest BCUT2D eigenvalue weighted by Crippen LogP contribution is -1.99. The Morgan fingerprint density at radius 2 is 2.00 bits per heavy atom. The summed E-state index contributed by atoms with van der Waals surface area (Å²) >= 11 is 3.18. The van der Waals surface area contributed by atoms with Crippen LogP contribution in [0.4, 0.5) is 15.9 Å². The van der Waals surface area contributed by atoms with E-state index in [2.05, 4.69) is 26.2 Å². The first-order chi connectivity index (χ1) is 8.06. The Labute approximate surface area is 108 Å². The number of halogens is 2. The highest BCUT2D eigenvalue weighted by Gasteiger charge is 2.06. The molecule has 0 atom stereocenters. The van der Waals surface area contributed by atoms with Crippen LogP contribution in [0.1, 0.15) is 11.1 Å². The van der Waals surface area contributed by atoms with E-state index in [0.717, 1.165) is 16.8 Å². The van der Waals surface area contributed by atoms with Crippen molar-refractivity contribution in [3.05, 3.63) is 51.9 Å². The Morgan fingerprint density at radius 3 is 2.71 bits per heavy atom. The molecule has 1 N–H and O–H groups in total. The summed E-state index contributed by atoms with van der Waals surface area (Å²) in [7, 11) is 0. The average molecular weight is 295 g/mol. The number of anilines is 2. The van der Waals surface area contributed by atoms with Gasteiger partial charge in [0.15, 0.2) is 11.6 Å². The van der Waals surface area contributed by atoms with Gasteiger partial charge in [-0.1, -0.05) is 12.1 Å². The maximum Gasteiger partial charge on any atom is 0.166 e. The number of hydrogen-bond acceptors (Lipinski definition) is 2. The molecular weight excluding hydrogens is 283 g/mol. The molecule has 0 aliphatic carbocycles. The molecule has 0 bridgehead atoms. The molecule has 0 saturated carbocycles. The summed E-state index contributed by atoms with van der Waals surface area (Å²) in [6.07, 6.45) is 1.57. The van der Waals surface area contributed by atoms with Gasteiger partial charge in [0.2, 0.25) is 0 Å². The van der Waals surface area contributed by atoms with Gasteiger partial charge in [-0.2, -0.15) is 0 Å². The first-order valence-electron chi connectivity index (χ1n) is 5.21. The molecule has 4 heteroatoms. The van der Waals surface area contributed by atoms with Crippen LogP contribution in [0, 0.1) is 19.7 Å². The van der Waals surface area contributed by atoms with Crippen molar-refractivity contribution >= 4 is 27.4 Å². The summed E-state index contributed by atoms with van der Waals surface area (Å²) in [6, 6.07) is 7.37. The van der Waals surface area contributed by atoms with Crippen molar-refractivity contribution < 1.29 is 4.39 Å². The van der Waals surface area contributed by atoms with Gasteiger partial charge in [-0.3, -0.25) is 0 Å². The molecule has 0 aliphatic rings. The van der Waals surface area contributed by atoms with E-state index in [1.807, 2.05) is 32.0 Å². The Hall–Kier alpha value is -1.42. The van der Waals surface area contributed by atoms with E-state index in [4.69, 9.17) is 0 Å². The van der Waals surface area contributed by atoms with Crippen LogP contribution in [0.15, 0.2) is 34.9 Å². The largest absolute Gasteiger partial charge is 0.338 e. The molecule has 88 valence electrons. The quantitative estimate of drug-likeness (QED) is 0.891. The zero-order valence-corrected chi connectivity index (χ0v) is 11.2. The summed E-state index contributed by atoms with van der Waals surface area (Å²) in [5.41, 5.74) is 3.05. The molecule has 0 amide bonds. The van der Waals surface area contributed by atoms with Crippen molar-refractivity contribution in [2.75, 3.05) is 5.32 Å². The molecule has 0 saturated heterocycles. The molecule has 0 aliphatic heterocycles. The normalized spacial score (nSPS) is 10.4. The molecule has 0 radical (unpaired) electrons. The number of rotatable bonds is 2. The van der Waals surface area contributed by atoms with Crippen molar-refractivity contribution in [1.29, 1.82) is 0 Å². The third-order valence-corrected chi connectivity index (χ3v) is 2.89. The van der Waals surface area contributed by atoms with Gasteiger partial charge < -0.3 is 5.32 Å². The van der Waals surface area contributed by atoms with E-state index in [0.29, 0.717) is 4.47 Å². The van der Waals surface area contributed by atoms with Crippen LogP contribution in [-0.4, -0.2) is 4.98 Å². The molecule has 1 aromatic heterocycles. The summed E-state index contributed by atoms with van der Waals surface area (Å²) < 4.78 is 14.2. The predicted octanol–water partition coefficient (Wildman–Crippen LogP) is 4.34. The molecular formula is C13H12BrFN2. The van der Waals surface area contributed by atoms with Crippen molar-refractivity contribution in [2.24, 2.45) is 0 Å².